The van der Waals surface area contributed by atoms with Gasteiger partial charge >= 0.3 is 0 Å². The Hall–Kier alpha value is -1.16. The topological polar surface area (TPSA) is 41.0 Å². The molecular weight excluding hydrogens is 188 g/mol. The molecule has 0 bridgehead atoms. The molecule has 1 heterocycles. The van der Waals surface area contributed by atoms with Crippen molar-refractivity contribution < 1.29 is 0 Å². The molecule has 4 nitrogen and oxygen atoms in total. The maximum Gasteiger partial charge on any atom is 0.130 e. The highest BCUT2D eigenvalue weighted by molar-refractivity contribution is 5.36. The lowest BCUT2D eigenvalue weighted by molar-refractivity contribution is 0.392. The van der Waals surface area contributed by atoms with Gasteiger partial charge in [-0.2, -0.15) is 0 Å². The number of hydrogen-bond donors (Lipinski definition) is 1. The van der Waals surface area contributed by atoms with Crippen molar-refractivity contribution in [3.63, 3.8) is 0 Å². The zero-order valence-electron chi connectivity index (χ0n) is 10.2. The van der Waals surface area contributed by atoms with Crippen molar-refractivity contribution in [2.75, 3.05) is 26.0 Å². The Labute approximate surface area is 91.7 Å². The van der Waals surface area contributed by atoms with Crippen LogP contribution in [0.2, 0.25) is 0 Å². The van der Waals surface area contributed by atoms with Crippen LogP contribution in [-0.4, -0.2) is 41.5 Å². The molecular formula is C11H20N4. The number of aryl methyl sites for hydroxylation is 2. The molecule has 1 aromatic heterocycles. The molecule has 1 N–H and O–H groups in total. The van der Waals surface area contributed by atoms with E-state index in [2.05, 4.69) is 41.2 Å². The molecule has 1 aromatic rings. The molecule has 0 saturated heterocycles. The van der Waals surface area contributed by atoms with Gasteiger partial charge in [-0.3, -0.25) is 0 Å². The Morgan fingerprint density at radius 1 is 1.33 bits per heavy atom. The molecule has 0 aliphatic carbocycles. The maximum absolute atomic E-state index is 4.34. The van der Waals surface area contributed by atoms with Gasteiger partial charge in [0, 0.05) is 24.3 Å². The fourth-order valence-corrected chi connectivity index (χ4v) is 1.64. The van der Waals surface area contributed by atoms with E-state index in [-0.39, 0.29) is 0 Å². The van der Waals surface area contributed by atoms with Gasteiger partial charge in [-0.25, -0.2) is 9.97 Å². The van der Waals surface area contributed by atoms with Crippen LogP contribution in [0, 0.1) is 13.8 Å². The van der Waals surface area contributed by atoms with Crippen molar-refractivity contribution in [3.05, 3.63) is 17.6 Å². The number of likely N-dealkylation sites (N-methyl/N-ethyl adjacent to an activating group) is 1. The molecule has 0 spiro atoms. The lowest BCUT2D eigenvalue weighted by atomic mass is 10.3. The summed E-state index contributed by atoms with van der Waals surface area (Å²) in [4.78, 5) is 10.7. The number of aromatic nitrogens is 2. The van der Waals surface area contributed by atoms with Crippen LogP contribution in [-0.2, 0) is 0 Å². The highest BCUT2D eigenvalue weighted by Gasteiger charge is 2.05. The van der Waals surface area contributed by atoms with Crippen molar-refractivity contribution >= 4 is 5.82 Å². The molecule has 1 rings (SSSR count). The molecule has 0 fully saturated rings. The van der Waals surface area contributed by atoms with Crippen LogP contribution >= 0.6 is 0 Å². The molecule has 1 unspecified atom stereocenters. The zero-order valence-corrected chi connectivity index (χ0v) is 10.2. The highest BCUT2D eigenvalue weighted by Crippen LogP contribution is 2.07. The minimum absolute atomic E-state index is 0.383. The first-order valence-corrected chi connectivity index (χ1v) is 5.21. The number of nitrogens with one attached hydrogen (secondary N) is 1. The number of anilines is 1. The number of hydrogen-bond acceptors (Lipinski definition) is 4. The van der Waals surface area contributed by atoms with Crippen molar-refractivity contribution in [1.82, 2.24) is 14.9 Å². The normalized spacial score (nSPS) is 12.9. The van der Waals surface area contributed by atoms with Crippen molar-refractivity contribution in [3.8, 4) is 0 Å². The molecule has 84 valence electrons. The third-order valence-electron chi connectivity index (χ3n) is 2.00. The van der Waals surface area contributed by atoms with Crippen molar-refractivity contribution in [2.45, 2.75) is 26.8 Å². The van der Waals surface area contributed by atoms with Crippen LogP contribution in [0.5, 0.6) is 0 Å². The molecule has 0 aliphatic heterocycles. The van der Waals surface area contributed by atoms with Gasteiger partial charge in [0.15, 0.2) is 0 Å². The first kappa shape index (κ1) is 11.9. The molecule has 0 radical (unpaired) electrons. The first-order chi connectivity index (χ1) is 6.97. The number of rotatable bonds is 4. The number of nitrogens with zero attached hydrogens (tertiary/aromatic N) is 3. The maximum atomic E-state index is 4.34. The summed E-state index contributed by atoms with van der Waals surface area (Å²) in [5.41, 5.74) is 1.00. The van der Waals surface area contributed by atoms with Gasteiger partial charge in [-0.15, -0.1) is 0 Å². The van der Waals surface area contributed by atoms with Gasteiger partial charge in [0.25, 0.3) is 0 Å². The minimum atomic E-state index is 0.383. The summed E-state index contributed by atoms with van der Waals surface area (Å²) < 4.78 is 0. The Kier molecular flexibility index (Phi) is 4.03. The Morgan fingerprint density at radius 2 is 2.00 bits per heavy atom. The second-order valence-corrected chi connectivity index (χ2v) is 4.25. The van der Waals surface area contributed by atoms with E-state index in [9.17, 15) is 0 Å². The zero-order chi connectivity index (χ0) is 11.4. The highest BCUT2D eigenvalue weighted by atomic mass is 15.1. The van der Waals surface area contributed by atoms with Gasteiger partial charge < -0.3 is 10.2 Å². The lowest BCUT2D eigenvalue weighted by Crippen LogP contribution is -2.30. The summed E-state index contributed by atoms with van der Waals surface area (Å²) in [5, 5.41) is 3.36. The lowest BCUT2D eigenvalue weighted by Gasteiger charge is -2.19. The predicted molar refractivity (Wildman–Crippen MR) is 63.1 cm³/mol. The molecule has 15 heavy (non-hydrogen) atoms. The fourth-order valence-electron chi connectivity index (χ4n) is 1.64. The molecule has 4 heteroatoms. The quantitative estimate of drug-likeness (QED) is 0.813. The van der Waals surface area contributed by atoms with Crippen molar-refractivity contribution in [2.24, 2.45) is 0 Å². The Bertz CT molecular complexity index is 302. The van der Waals surface area contributed by atoms with Gasteiger partial charge in [0.2, 0.25) is 0 Å². The summed E-state index contributed by atoms with van der Waals surface area (Å²) in [6, 6.07) is 2.35. The summed E-state index contributed by atoms with van der Waals surface area (Å²) in [5.74, 6) is 1.73. The van der Waals surface area contributed by atoms with E-state index in [1.54, 1.807) is 0 Å². The fraction of sp³-hybridized carbons (Fsp3) is 0.636. The minimum Gasteiger partial charge on any atom is -0.366 e. The van der Waals surface area contributed by atoms with Crippen LogP contribution in [0.25, 0.3) is 0 Å². The van der Waals surface area contributed by atoms with Gasteiger partial charge in [-0.1, -0.05) is 0 Å². The van der Waals surface area contributed by atoms with Crippen LogP contribution in [0.3, 0.4) is 0 Å². The van der Waals surface area contributed by atoms with E-state index in [0.717, 1.165) is 23.9 Å². The van der Waals surface area contributed by atoms with Gasteiger partial charge in [0.05, 0.1) is 0 Å². The molecule has 0 saturated carbocycles. The predicted octanol–water partition coefficient (Wildman–Crippen LogP) is 1.46. The monoisotopic (exact) mass is 208 g/mol. The Morgan fingerprint density at radius 3 is 2.53 bits per heavy atom. The van der Waals surface area contributed by atoms with E-state index in [0.29, 0.717) is 6.04 Å². The van der Waals surface area contributed by atoms with E-state index in [1.165, 1.54) is 0 Å². The van der Waals surface area contributed by atoms with E-state index < -0.39 is 0 Å². The van der Waals surface area contributed by atoms with Gasteiger partial charge in [0.1, 0.15) is 11.6 Å². The molecule has 0 amide bonds. The summed E-state index contributed by atoms with van der Waals surface area (Å²) in [7, 11) is 4.13. The summed E-state index contributed by atoms with van der Waals surface area (Å²) in [6.45, 7) is 7.03. The van der Waals surface area contributed by atoms with E-state index in [1.807, 2.05) is 19.9 Å². The smallest absolute Gasteiger partial charge is 0.130 e. The van der Waals surface area contributed by atoms with Crippen LogP contribution in [0.1, 0.15) is 18.4 Å². The van der Waals surface area contributed by atoms with Crippen molar-refractivity contribution in [1.29, 1.82) is 0 Å². The van der Waals surface area contributed by atoms with Crippen LogP contribution in [0.15, 0.2) is 6.07 Å². The SMILES string of the molecule is Cc1cc(NC(C)CN(C)C)nc(C)n1. The van der Waals surface area contributed by atoms with E-state index in [4.69, 9.17) is 0 Å². The standard InChI is InChI=1S/C11H20N4/c1-8-6-11(14-10(3)12-8)13-9(2)7-15(4)5/h6,9H,7H2,1-5H3,(H,12,13,14). The molecule has 0 aromatic carbocycles. The van der Waals surface area contributed by atoms with Crippen LogP contribution < -0.4 is 5.32 Å². The molecule has 0 aliphatic rings. The average Bonchev–Trinajstić information content (AvgIpc) is 1.98. The van der Waals surface area contributed by atoms with E-state index >= 15 is 0 Å². The summed E-state index contributed by atoms with van der Waals surface area (Å²) in [6.07, 6.45) is 0. The Balaban J connectivity index is 2.63. The second-order valence-electron chi connectivity index (χ2n) is 4.25. The molecule has 1 atom stereocenters. The first-order valence-electron chi connectivity index (χ1n) is 5.21. The average molecular weight is 208 g/mol. The van der Waals surface area contributed by atoms with Gasteiger partial charge in [-0.05, 0) is 34.9 Å². The third kappa shape index (κ3) is 4.25. The third-order valence-corrected chi connectivity index (χ3v) is 2.00. The van der Waals surface area contributed by atoms with Crippen LogP contribution in [0.4, 0.5) is 5.82 Å². The summed E-state index contributed by atoms with van der Waals surface area (Å²) >= 11 is 0. The second kappa shape index (κ2) is 5.07. The largest absolute Gasteiger partial charge is 0.366 e.